The van der Waals surface area contributed by atoms with Crippen LogP contribution in [-0.2, 0) is 12.5 Å². The summed E-state index contributed by atoms with van der Waals surface area (Å²) in [5.74, 6) is 1.55. The second-order valence-electron chi connectivity index (χ2n) is 10.8. The van der Waals surface area contributed by atoms with Crippen molar-refractivity contribution in [2.24, 2.45) is 24.1 Å². The minimum absolute atomic E-state index is 0.0580. The van der Waals surface area contributed by atoms with Gasteiger partial charge in [-0.05, 0) is 53.6 Å². The maximum absolute atomic E-state index is 13.3. The summed E-state index contributed by atoms with van der Waals surface area (Å²) in [6.07, 6.45) is 4.52. The molecule has 1 aromatic heterocycles. The maximum Gasteiger partial charge on any atom is 0.264 e. The Kier molecular flexibility index (Phi) is 5.41. The predicted molar refractivity (Wildman–Crippen MR) is 128 cm³/mol. The Bertz CT molecular complexity index is 1010. The molecule has 168 valence electrons. The number of nitrogen functional groups attached to an aromatic ring is 1. The fraction of sp³-hybridized carbons (Fsp3) is 0.600. The molecule has 2 fully saturated rings. The van der Waals surface area contributed by atoms with Gasteiger partial charge < -0.3 is 16.4 Å². The molecule has 0 amide bonds. The van der Waals surface area contributed by atoms with Gasteiger partial charge in [0.25, 0.3) is 5.56 Å². The summed E-state index contributed by atoms with van der Waals surface area (Å²) in [5, 5.41) is 0. The van der Waals surface area contributed by atoms with Gasteiger partial charge in [-0.2, -0.15) is 4.98 Å². The van der Waals surface area contributed by atoms with E-state index in [0.717, 1.165) is 31.5 Å². The molecule has 6 nitrogen and oxygen atoms in total. The van der Waals surface area contributed by atoms with Crippen LogP contribution in [0.4, 0.5) is 11.8 Å². The standard InChI is InChI=1S/C25H37N5O/c1-16-10-11-25(20(16)26)12-14-30(15-13-25)23-28-21(27)19(22(31)29(23)5)17-6-8-18(9-7-17)24(2,3)4/h6-9,16,20H,10-15,26-27H2,1-5H3/t16-,20-/m1/s1. The second-order valence-corrected chi connectivity index (χ2v) is 10.8. The number of nitrogens with zero attached hydrogens (tertiary/aromatic N) is 3. The highest BCUT2D eigenvalue weighted by Crippen LogP contribution is 2.48. The fourth-order valence-electron chi connectivity index (χ4n) is 5.50. The van der Waals surface area contributed by atoms with Crippen LogP contribution in [0.5, 0.6) is 0 Å². The van der Waals surface area contributed by atoms with Crippen LogP contribution in [-0.4, -0.2) is 28.7 Å². The minimum Gasteiger partial charge on any atom is -0.383 e. The molecule has 31 heavy (non-hydrogen) atoms. The van der Waals surface area contributed by atoms with E-state index in [1.54, 1.807) is 11.6 Å². The van der Waals surface area contributed by atoms with Gasteiger partial charge in [0.2, 0.25) is 5.95 Å². The van der Waals surface area contributed by atoms with Crippen LogP contribution in [0, 0.1) is 11.3 Å². The molecule has 0 unspecified atom stereocenters. The Morgan fingerprint density at radius 3 is 2.23 bits per heavy atom. The van der Waals surface area contributed by atoms with E-state index in [9.17, 15) is 4.79 Å². The first kappa shape index (κ1) is 21.9. The fourth-order valence-corrected chi connectivity index (χ4v) is 5.50. The predicted octanol–water partition coefficient (Wildman–Crippen LogP) is 3.67. The van der Waals surface area contributed by atoms with Gasteiger partial charge in [0.05, 0.1) is 5.56 Å². The number of hydrogen-bond donors (Lipinski definition) is 2. The van der Waals surface area contributed by atoms with E-state index in [2.05, 4.69) is 49.7 Å². The molecule has 1 aliphatic heterocycles. The van der Waals surface area contributed by atoms with Crippen molar-refractivity contribution in [3.05, 3.63) is 40.2 Å². The summed E-state index contributed by atoms with van der Waals surface area (Å²) in [4.78, 5) is 20.2. The highest BCUT2D eigenvalue weighted by Gasteiger charge is 2.46. The molecule has 4 N–H and O–H groups in total. The number of aromatic nitrogens is 2. The van der Waals surface area contributed by atoms with E-state index < -0.39 is 0 Å². The number of benzene rings is 1. The molecule has 1 aliphatic carbocycles. The van der Waals surface area contributed by atoms with E-state index in [-0.39, 0.29) is 22.4 Å². The molecule has 2 aliphatic rings. The van der Waals surface area contributed by atoms with Crippen molar-refractivity contribution < 1.29 is 0 Å². The van der Waals surface area contributed by atoms with E-state index in [1.165, 1.54) is 18.4 Å². The first-order valence-electron chi connectivity index (χ1n) is 11.5. The van der Waals surface area contributed by atoms with E-state index in [1.807, 2.05) is 12.1 Å². The van der Waals surface area contributed by atoms with Crippen molar-refractivity contribution in [2.75, 3.05) is 23.7 Å². The molecule has 0 bridgehead atoms. The molecule has 1 spiro atoms. The van der Waals surface area contributed by atoms with Crippen LogP contribution in [0.25, 0.3) is 11.1 Å². The average Bonchev–Trinajstić information content (AvgIpc) is 3.00. The smallest absolute Gasteiger partial charge is 0.264 e. The Balaban J connectivity index is 1.60. The van der Waals surface area contributed by atoms with Crippen LogP contribution >= 0.6 is 0 Å². The molecule has 1 saturated heterocycles. The van der Waals surface area contributed by atoms with Crippen LogP contribution in [0.3, 0.4) is 0 Å². The number of piperidine rings is 1. The Labute approximate surface area is 185 Å². The number of anilines is 2. The molecule has 2 atom stereocenters. The Morgan fingerprint density at radius 2 is 1.71 bits per heavy atom. The quantitative estimate of drug-likeness (QED) is 0.769. The van der Waals surface area contributed by atoms with Crippen molar-refractivity contribution in [3.63, 3.8) is 0 Å². The SMILES string of the molecule is C[C@@H]1CCC2(CCN(c3nc(N)c(-c4ccc(C(C)(C)C)cc4)c(=O)n3C)CC2)[C@@H]1N. The van der Waals surface area contributed by atoms with Crippen LogP contribution in [0.15, 0.2) is 29.1 Å². The first-order chi connectivity index (χ1) is 14.5. The summed E-state index contributed by atoms with van der Waals surface area (Å²) in [6.45, 7) is 10.5. The summed E-state index contributed by atoms with van der Waals surface area (Å²) in [5.41, 5.74) is 15.6. The Morgan fingerprint density at radius 1 is 1.10 bits per heavy atom. The lowest BCUT2D eigenvalue weighted by Crippen LogP contribution is -2.49. The van der Waals surface area contributed by atoms with Crippen molar-refractivity contribution in [1.29, 1.82) is 0 Å². The second kappa shape index (κ2) is 7.66. The lowest BCUT2D eigenvalue weighted by Gasteiger charge is -2.43. The van der Waals surface area contributed by atoms with Gasteiger partial charge in [0.1, 0.15) is 5.82 Å². The van der Waals surface area contributed by atoms with Crippen LogP contribution in [0.2, 0.25) is 0 Å². The van der Waals surface area contributed by atoms with Crippen molar-refractivity contribution in [3.8, 4) is 11.1 Å². The first-order valence-corrected chi connectivity index (χ1v) is 11.5. The third-order valence-corrected chi connectivity index (χ3v) is 7.79. The van der Waals surface area contributed by atoms with Gasteiger partial charge in [-0.25, -0.2) is 0 Å². The summed E-state index contributed by atoms with van der Waals surface area (Å²) >= 11 is 0. The molecule has 1 saturated carbocycles. The summed E-state index contributed by atoms with van der Waals surface area (Å²) in [7, 11) is 1.80. The van der Waals surface area contributed by atoms with E-state index >= 15 is 0 Å². The monoisotopic (exact) mass is 423 g/mol. The maximum atomic E-state index is 13.3. The minimum atomic E-state index is -0.0996. The highest BCUT2D eigenvalue weighted by atomic mass is 16.1. The van der Waals surface area contributed by atoms with Gasteiger partial charge in [0, 0.05) is 26.2 Å². The normalized spacial score (nSPS) is 23.5. The third kappa shape index (κ3) is 3.75. The number of hydrogen-bond acceptors (Lipinski definition) is 5. The molecule has 0 radical (unpaired) electrons. The molecule has 2 aromatic rings. The molecular weight excluding hydrogens is 386 g/mol. The van der Waals surface area contributed by atoms with Gasteiger partial charge in [-0.3, -0.25) is 9.36 Å². The largest absolute Gasteiger partial charge is 0.383 e. The molecule has 4 rings (SSSR count). The summed E-state index contributed by atoms with van der Waals surface area (Å²) in [6, 6.07) is 8.36. The third-order valence-electron chi connectivity index (χ3n) is 7.79. The Hall–Kier alpha value is -2.34. The van der Waals surface area contributed by atoms with Gasteiger partial charge in [-0.1, -0.05) is 52.0 Å². The number of rotatable bonds is 2. The van der Waals surface area contributed by atoms with E-state index in [0.29, 0.717) is 23.2 Å². The summed E-state index contributed by atoms with van der Waals surface area (Å²) < 4.78 is 1.65. The zero-order chi connectivity index (χ0) is 22.6. The topological polar surface area (TPSA) is 90.2 Å². The molecule has 1 aromatic carbocycles. The van der Waals surface area contributed by atoms with Gasteiger partial charge >= 0.3 is 0 Å². The van der Waals surface area contributed by atoms with Gasteiger partial charge in [-0.15, -0.1) is 0 Å². The highest BCUT2D eigenvalue weighted by molar-refractivity contribution is 5.74. The molecule has 6 heteroatoms. The van der Waals surface area contributed by atoms with E-state index in [4.69, 9.17) is 11.5 Å². The number of nitrogens with two attached hydrogens (primary N) is 2. The van der Waals surface area contributed by atoms with Gasteiger partial charge in [0.15, 0.2) is 0 Å². The lowest BCUT2D eigenvalue weighted by molar-refractivity contribution is 0.185. The lowest BCUT2D eigenvalue weighted by atomic mass is 9.73. The van der Waals surface area contributed by atoms with Crippen LogP contribution < -0.4 is 21.9 Å². The van der Waals surface area contributed by atoms with Crippen molar-refractivity contribution >= 4 is 11.8 Å². The van der Waals surface area contributed by atoms with Crippen molar-refractivity contribution in [2.45, 2.75) is 64.8 Å². The average molecular weight is 424 g/mol. The van der Waals surface area contributed by atoms with Crippen molar-refractivity contribution in [1.82, 2.24) is 9.55 Å². The zero-order valence-electron chi connectivity index (χ0n) is 19.6. The zero-order valence-corrected chi connectivity index (χ0v) is 19.6. The van der Waals surface area contributed by atoms with Crippen LogP contribution in [0.1, 0.15) is 58.9 Å². The molecular formula is C25H37N5O. The molecule has 2 heterocycles.